The molecule has 35 heavy (non-hydrogen) atoms. The van der Waals surface area contributed by atoms with Crippen LogP contribution in [-0.4, -0.2) is 22.0 Å². The lowest BCUT2D eigenvalue weighted by molar-refractivity contribution is -0.137. The van der Waals surface area contributed by atoms with Gasteiger partial charge in [0.15, 0.2) is 5.82 Å². The molecule has 0 aliphatic heterocycles. The molecule has 180 valence electrons. The van der Waals surface area contributed by atoms with E-state index >= 15 is 0 Å². The lowest BCUT2D eigenvalue weighted by atomic mass is 10.1. The Morgan fingerprint density at radius 1 is 1.11 bits per heavy atom. The number of para-hydroxylation sites is 1. The van der Waals surface area contributed by atoms with Crippen LogP contribution in [0, 0.1) is 0 Å². The van der Waals surface area contributed by atoms with Gasteiger partial charge in [-0.1, -0.05) is 35.9 Å². The minimum atomic E-state index is -4.56. The van der Waals surface area contributed by atoms with Crippen molar-refractivity contribution in [3.05, 3.63) is 91.6 Å². The molecular formula is C25H18BrClF3N3O2. The van der Waals surface area contributed by atoms with Gasteiger partial charge in [-0.3, -0.25) is 4.79 Å². The van der Waals surface area contributed by atoms with Gasteiger partial charge < -0.3 is 4.74 Å². The van der Waals surface area contributed by atoms with Gasteiger partial charge in [-0.25, -0.2) is 4.98 Å². The van der Waals surface area contributed by atoms with Crippen LogP contribution in [0.1, 0.15) is 25.0 Å². The van der Waals surface area contributed by atoms with Crippen molar-refractivity contribution in [3.63, 3.8) is 0 Å². The lowest BCUT2D eigenvalue weighted by Crippen LogP contribution is -2.20. The molecule has 0 atom stereocenters. The standard InChI is InChI=1S/C25H18BrClF3N3O2/c1-14(2)35-22-16(11-18(27)12-20(22)26)13-31-33-23(15-6-5-7-17(10-15)25(28,29)30)32-21-9-4-3-8-19(21)24(33)34/h3-14H,1-2H3. The van der Waals surface area contributed by atoms with Crippen LogP contribution in [0.3, 0.4) is 0 Å². The van der Waals surface area contributed by atoms with E-state index in [1.807, 2.05) is 13.8 Å². The third-order valence-corrected chi connectivity index (χ3v) is 5.71. The summed E-state index contributed by atoms with van der Waals surface area (Å²) in [7, 11) is 0. The summed E-state index contributed by atoms with van der Waals surface area (Å²) in [4.78, 5) is 17.8. The number of aromatic nitrogens is 2. The van der Waals surface area contributed by atoms with Crippen LogP contribution in [0.2, 0.25) is 5.02 Å². The van der Waals surface area contributed by atoms with Gasteiger partial charge in [0.2, 0.25) is 0 Å². The third kappa shape index (κ3) is 5.41. The van der Waals surface area contributed by atoms with Gasteiger partial charge in [0.1, 0.15) is 5.75 Å². The summed E-state index contributed by atoms with van der Waals surface area (Å²) < 4.78 is 47.5. The number of nitrogens with zero attached hydrogens (tertiary/aromatic N) is 3. The van der Waals surface area contributed by atoms with Crippen LogP contribution < -0.4 is 10.3 Å². The summed E-state index contributed by atoms with van der Waals surface area (Å²) in [5, 5.41) is 4.99. The number of alkyl halides is 3. The van der Waals surface area contributed by atoms with E-state index < -0.39 is 17.3 Å². The third-order valence-electron chi connectivity index (χ3n) is 4.90. The quantitative estimate of drug-likeness (QED) is 0.242. The number of benzene rings is 3. The first-order valence-electron chi connectivity index (χ1n) is 10.4. The van der Waals surface area contributed by atoms with Gasteiger partial charge in [-0.15, -0.1) is 0 Å². The van der Waals surface area contributed by atoms with Crippen molar-refractivity contribution in [1.82, 2.24) is 9.66 Å². The fourth-order valence-corrected chi connectivity index (χ4v) is 4.34. The molecule has 10 heteroatoms. The molecule has 3 aromatic carbocycles. The summed E-state index contributed by atoms with van der Waals surface area (Å²) >= 11 is 9.62. The van der Waals surface area contributed by atoms with E-state index in [2.05, 4.69) is 26.0 Å². The maximum absolute atomic E-state index is 13.4. The van der Waals surface area contributed by atoms with E-state index in [4.69, 9.17) is 16.3 Å². The fourth-order valence-electron chi connectivity index (χ4n) is 3.41. The van der Waals surface area contributed by atoms with E-state index in [0.29, 0.717) is 26.3 Å². The van der Waals surface area contributed by atoms with E-state index in [1.54, 1.807) is 36.4 Å². The molecule has 1 aromatic heterocycles. The number of fused-ring (bicyclic) bond motifs is 1. The molecule has 0 N–H and O–H groups in total. The van der Waals surface area contributed by atoms with Crippen LogP contribution in [0.15, 0.2) is 75.0 Å². The smallest absolute Gasteiger partial charge is 0.416 e. The molecule has 0 saturated carbocycles. The molecule has 0 unspecified atom stereocenters. The highest BCUT2D eigenvalue weighted by atomic mass is 79.9. The highest BCUT2D eigenvalue weighted by Gasteiger charge is 2.31. The summed E-state index contributed by atoms with van der Waals surface area (Å²) in [6.07, 6.45) is -3.36. The number of ether oxygens (including phenoxy) is 1. The number of rotatable bonds is 5. The van der Waals surface area contributed by atoms with Gasteiger partial charge in [0.05, 0.1) is 33.3 Å². The second-order valence-electron chi connectivity index (χ2n) is 7.87. The maximum atomic E-state index is 13.4. The maximum Gasteiger partial charge on any atom is 0.416 e. The van der Waals surface area contributed by atoms with Crippen molar-refractivity contribution in [3.8, 4) is 17.1 Å². The molecule has 0 radical (unpaired) electrons. The zero-order chi connectivity index (χ0) is 25.3. The molecule has 0 bridgehead atoms. The Hall–Kier alpha value is -3.17. The first kappa shape index (κ1) is 24.9. The predicted octanol–water partition coefficient (Wildman–Crippen LogP) is 7.17. The Bertz CT molecular complexity index is 1500. The topological polar surface area (TPSA) is 56.5 Å². The summed E-state index contributed by atoms with van der Waals surface area (Å²) in [6, 6.07) is 14.4. The summed E-state index contributed by atoms with van der Waals surface area (Å²) in [5.41, 5.74) is -0.504. The Kier molecular flexibility index (Phi) is 7.00. The molecule has 0 aliphatic rings. The summed E-state index contributed by atoms with van der Waals surface area (Å²) in [5.74, 6) is 0.416. The van der Waals surface area contributed by atoms with Crippen molar-refractivity contribution in [1.29, 1.82) is 0 Å². The van der Waals surface area contributed by atoms with Crippen LogP contribution in [0.25, 0.3) is 22.3 Å². The second kappa shape index (κ2) is 9.83. The monoisotopic (exact) mass is 563 g/mol. The Morgan fingerprint density at radius 2 is 1.86 bits per heavy atom. The molecule has 4 rings (SSSR count). The van der Waals surface area contributed by atoms with E-state index in [1.165, 1.54) is 18.3 Å². The van der Waals surface area contributed by atoms with E-state index in [-0.39, 0.29) is 22.9 Å². The SMILES string of the molecule is CC(C)Oc1c(Br)cc(Cl)cc1C=Nn1c(-c2cccc(C(F)(F)F)c2)nc2ccccc2c1=O. The van der Waals surface area contributed by atoms with Crippen LogP contribution in [0.4, 0.5) is 13.2 Å². The average Bonchev–Trinajstić information content (AvgIpc) is 2.79. The Labute approximate surface area is 212 Å². The van der Waals surface area contributed by atoms with Crippen molar-refractivity contribution in [2.75, 3.05) is 0 Å². The van der Waals surface area contributed by atoms with Gasteiger partial charge in [-0.05, 0) is 66.2 Å². The largest absolute Gasteiger partial charge is 0.489 e. The van der Waals surface area contributed by atoms with Crippen molar-refractivity contribution in [2.45, 2.75) is 26.1 Å². The zero-order valence-electron chi connectivity index (χ0n) is 18.5. The molecule has 0 amide bonds. The van der Waals surface area contributed by atoms with E-state index in [0.717, 1.165) is 16.8 Å². The average molecular weight is 565 g/mol. The molecule has 0 spiro atoms. The van der Waals surface area contributed by atoms with Crippen molar-refractivity contribution < 1.29 is 17.9 Å². The predicted molar refractivity (Wildman–Crippen MR) is 134 cm³/mol. The Morgan fingerprint density at radius 3 is 2.57 bits per heavy atom. The lowest BCUT2D eigenvalue weighted by Gasteiger charge is -2.15. The zero-order valence-corrected chi connectivity index (χ0v) is 20.8. The molecular weight excluding hydrogens is 547 g/mol. The van der Waals surface area contributed by atoms with Crippen LogP contribution in [0.5, 0.6) is 5.75 Å². The fraction of sp³-hybridized carbons (Fsp3) is 0.160. The minimum absolute atomic E-state index is 0.0385. The highest BCUT2D eigenvalue weighted by molar-refractivity contribution is 9.10. The molecule has 1 heterocycles. The van der Waals surface area contributed by atoms with E-state index in [9.17, 15) is 18.0 Å². The number of hydrogen-bond donors (Lipinski definition) is 0. The molecule has 0 saturated heterocycles. The van der Waals surface area contributed by atoms with Crippen LogP contribution in [-0.2, 0) is 6.18 Å². The van der Waals surface area contributed by atoms with Gasteiger partial charge in [-0.2, -0.15) is 22.9 Å². The number of halogens is 5. The van der Waals surface area contributed by atoms with Gasteiger partial charge in [0, 0.05) is 16.1 Å². The molecule has 0 aliphatic carbocycles. The molecule has 5 nitrogen and oxygen atoms in total. The summed E-state index contributed by atoms with van der Waals surface area (Å²) in [6.45, 7) is 3.71. The first-order valence-corrected chi connectivity index (χ1v) is 11.6. The molecule has 0 fully saturated rings. The first-order chi connectivity index (χ1) is 16.5. The Balaban J connectivity index is 1.95. The van der Waals surface area contributed by atoms with Crippen LogP contribution >= 0.6 is 27.5 Å². The minimum Gasteiger partial charge on any atom is -0.489 e. The van der Waals surface area contributed by atoms with Crippen molar-refractivity contribution in [2.24, 2.45) is 5.10 Å². The van der Waals surface area contributed by atoms with Gasteiger partial charge >= 0.3 is 6.18 Å². The molecule has 4 aromatic rings. The normalized spacial score (nSPS) is 12.1. The highest BCUT2D eigenvalue weighted by Crippen LogP contribution is 2.34. The number of hydrogen-bond acceptors (Lipinski definition) is 4. The second-order valence-corrected chi connectivity index (χ2v) is 9.16. The van der Waals surface area contributed by atoms with Crippen molar-refractivity contribution >= 4 is 44.6 Å². The van der Waals surface area contributed by atoms with Gasteiger partial charge in [0.25, 0.3) is 5.56 Å².